The van der Waals surface area contributed by atoms with Crippen LogP contribution in [-0.4, -0.2) is 20.9 Å². The Morgan fingerprint density at radius 1 is 1.38 bits per heavy atom. The van der Waals surface area contributed by atoms with Crippen LogP contribution in [0, 0.1) is 11.3 Å². The van der Waals surface area contributed by atoms with Crippen molar-refractivity contribution in [3.8, 4) is 6.07 Å². The highest BCUT2D eigenvalue weighted by molar-refractivity contribution is 6.10. The summed E-state index contributed by atoms with van der Waals surface area (Å²) in [6, 6.07) is 8.97. The third kappa shape index (κ3) is 2.22. The molecule has 0 aliphatic rings. The van der Waals surface area contributed by atoms with Gasteiger partial charge in [-0.25, -0.2) is 0 Å². The standard InChI is InChI=1S/C10H8N6/c11-7-9(8-3-1-2-5-12-8)14-16-10-4-6-13-15-10/h1-6H,(H2,13,15,16)/b14-9-. The number of pyridine rings is 1. The summed E-state index contributed by atoms with van der Waals surface area (Å²) in [5, 5.41) is 19.3. The third-order valence-corrected chi connectivity index (χ3v) is 1.80. The van der Waals surface area contributed by atoms with E-state index in [0.717, 1.165) is 0 Å². The van der Waals surface area contributed by atoms with E-state index in [2.05, 4.69) is 25.7 Å². The second-order valence-corrected chi connectivity index (χ2v) is 2.87. The molecule has 0 amide bonds. The summed E-state index contributed by atoms with van der Waals surface area (Å²) in [4.78, 5) is 4.03. The zero-order chi connectivity index (χ0) is 11.2. The van der Waals surface area contributed by atoms with Crippen molar-refractivity contribution in [2.45, 2.75) is 0 Å². The first-order chi connectivity index (χ1) is 7.90. The fraction of sp³-hybridized carbons (Fsp3) is 0. The molecule has 0 saturated heterocycles. The molecule has 6 heteroatoms. The van der Waals surface area contributed by atoms with E-state index in [9.17, 15) is 0 Å². The van der Waals surface area contributed by atoms with Crippen LogP contribution in [0.1, 0.15) is 5.69 Å². The molecule has 0 radical (unpaired) electrons. The van der Waals surface area contributed by atoms with Gasteiger partial charge in [-0.3, -0.25) is 15.5 Å². The number of aromatic amines is 1. The highest BCUT2D eigenvalue weighted by Crippen LogP contribution is 2.00. The summed E-state index contributed by atoms with van der Waals surface area (Å²) in [6.45, 7) is 0. The maximum absolute atomic E-state index is 8.92. The van der Waals surface area contributed by atoms with Gasteiger partial charge in [-0.15, -0.1) is 0 Å². The monoisotopic (exact) mass is 212 g/mol. The van der Waals surface area contributed by atoms with Crippen LogP contribution in [-0.2, 0) is 0 Å². The molecule has 0 aliphatic carbocycles. The Labute approximate surface area is 91.6 Å². The van der Waals surface area contributed by atoms with E-state index in [4.69, 9.17) is 5.26 Å². The Balaban J connectivity index is 2.18. The van der Waals surface area contributed by atoms with E-state index >= 15 is 0 Å². The maximum atomic E-state index is 8.92. The average Bonchev–Trinajstić information content (AvgIpc) is 2.84. The van der Waals surface area contributed by atoms with Crippen LogP contribution in [0.5, 0.6) is 0 Å². The lowest BCUT2D eigenvalue weighted by molar-refractivity contribution is 1.08. The van der Waals surface area contributed by atoms with E-state index in [-0.39, 0.29) is 5.71 Å². The van der Waals surface area contributed by atoms with Crippen molar-refractivity contribution < 1.29 is 0 Å². The predicted molar refractivity (Wildman–Crippen MR) is 58.6 cm³/mol. The molecular weight excluding hydrogens is 204 g/mol. The molecule has 0 aromatic carbocycles. The molecule has 2 aromatic heterocycles. The van der Waals surface area contributed by atoms with Crippen LogP contribution in [0.2, 0.25) is 0 Å². The van der Waals surface area contributed by atoms with Gasteiger partial charge in [0.15, 0.2) is 5.71 Å². The lowest BCUT2D eigenvalue weighted by Crippen LogP contribution is -2.03. The number of hydrogen-bond acceptors (Lipinski definition) is 5. The molecule has 0 atom stereocenters. The largest absolute Gasteiger partial charge is 0.262 e. The minimum absolute atomic E-state index is 0.218. The van der Waals surface area contributed by atoms with Crippen LogP contribution in [0.4, 0.5) is 5.82 Å². The highest BCUT2D eigenvalue weighted by Gasteiger charge is 2.02. The lowest BCUT2D eigenvalue weighted by Gasteiger charge is -1.97. The van der Waals surface area contributed by atoms with Crippen LogP contribution >= 0.6 is 0 Å². The average molecular weight is 212 g/mol. The smallest absolute Gasteiger partial charge is 0.186 e. The second-order valence-electron chi connectivity index (χ2n) is 2.87. The summed E-state index contributed by atoms with van der Waals surface area (Å²) in [7, 11) is 0. The van der Waals surface area contributed by atoms with E-state index in [1.54, 1.807) is 36.7 Å². The fourth-order valence-corrected chi connectivity index (χ4v) is 1.08. The molecule has 2 N–H and O–H groups in total. The number of nitrogens with one attached hydrogen (secondary N) is 2. The van der Waals surface area contributed by atoms with E-state index in [1.807, 2.05) is 6.07 Å². The number of nitriles is 1. The van der Waals surface area contributed by atoms with Gasteiger partial charge in [-0.2, -0.15) is 15.5 Å². The van der Waals surface area contributed by atoms with Gasteiger partial charge >= 0.3 is 0 Å². The summed E-state index contributed by atoms with van der Waals surface area (Å²) in [5.74, 6) is 0.615. The molecule has 16 heavy (non-hydrogen) atoms. The molecule has 2 rings (SSSR count). The predicted octanol–water partition coefficient (Wildman–Crippen LogP) is 1.14. The summed E-state index contributed by atoms with van der Waals surface area (Å²) in [6.07, 6.45) is 3.20. The number of aromatic nitrogens is 3. The van der Waals surface area contributed by atoms with Gasteiger partial charge in [0.2, 0.25) is 0 Å². The van der Waals surface area contributed by atoms with Crippen molar-refractivity contribution in [1.29, 1.82) is 5.26 Å². The van der Waals surface area contributed by atoms with Crippen LogP contribution in [0.25, 0.3) is 0 Å². The van der Waals surface area contributed by atoms with E-state index < -0.39 is 0 Å². The van der Waals surface area contributed by atoms with Gasteiger partial charge in [0.25, 0.3) is 0 Å². The first kappa shape index (κ1) is 9.86. The normalized spacial score (nSPS) is 10.8. The zero-order valence-electron chi connectivity index (χ0n) is 8.25. The Bertz CT molecular complexity index is 508. The summed E-state index contributed by atoms with van der Waals surface area (Å²) < 4.78 is 0. The molecule has 6 nitrogen and oxygen atoms in total. The van der Waals surface area contributed by atoms with Crippen LogP contribution in [0.3, 0.4) is 0 Å². The van der Waals surface area contributed by atoms with Crippen LogP contribution < -0.4 is 5.43 Å². The molecule has 0 fully saturated rings. The van der Waals surface area contributed by atoms with Crippen molar-refractivity contribution >= 4 is 11.5 Å². The number of H-pyrrole nitrogens is 1. The Morgan fingerprint density at radius 2 is 2.31 bits per heavy atom. The van der Waals surface area contributed by atoms with Gasteiger partial charge in [0.05, 0.1) is 6.20 Å². The van der Waals surface area contributed by atoms with E-state index in [1.165, 1.54) is 0 Å². The molecule has 2 heterocycles. The van der Waals surface area contributed by atoms with E-state index in [0.29, 0.717) is 11.5 Å². The molecule has 2 aromatic rings. The number of hydrazone groups is 1. The molecule has 0 aliphatic heterocycles. The van der Waals surface area contributed by atoms with Crippen molar-refractivity contribution in [2.24, 2.45) is 5.10 Å². The molecule has 0 spiro atoms. The summed E-state index contributed by atoms with van der Waals surface area (Å²) >= 11 is 0. The molecule has 78 valence electrons. The molecular formula is C10H8N6. The first-order valence-electron chi connectivity index (χ1n) is 4.55. The first-order valence-corrected chi connectivity index (χ1v) is 4.55. The second kappa shape index (κ2) is 4.70. The third-order valence-electron chi connectivity index (χ3n) is 1.80. The number of nitrogens with zero attached hydrogens (tertiary/aromatic N) is 4. The Hall–Kier alpha value is -2.68. The number of anilines is 1. The van der Waals surface area contributed by atoms with Gasteiger partial charge in [0, 0.05) is 12.3 Å². The lowest BCUT2D eigenvalue weighted by atomic mass is 10.2. The van der Waals surface area contributed by atoms with Crippen LogP contribution in [0.15, 0.2) is 41.8 Å². The molecule has 0 unspecified atom stereocenters. The van der Waals surface area contributed by atoms with Crippen molar-refractivity contribution in [2.75, 3.05) is 5.43 Å². The van der Waals surface area contributed by atoms with Gasteiger partial charge < -0.3 is 0 Å². The van der Waals surface area contributed by atoms with Gasteiger partial charge in [0.1, 0.15) is 17.6 Å². The van der Waals surface area contributed by atoms with Gasteiger partial charge in [-0.05, 0) is 12.1 Å². The SMILES string of the molecule is N#C/C(=N/Nc1ccn[nH]1)c1ccccn1. The Kier molecular flexibility index (Phi) is 2.90. The number of rotatable bonds is 3. The highest BCUT2D eigenvalue weighted by atomic mass is 15.3. The van der Waals surface area contributed by atoms with Gasteiger partial charge in [-0.1, -0.05) is 6.07 Å². The minimum atomic E-state index is 0.218. The van der Waals surface area contributed by atoms with Crippen molar-refractivity contribution in [3.63, 3.8) is 0 Å². The molecule has 0 bridgehead atoms. The zero-order valence-corrected chi connectivity index (χ0v) is 8.25. The summed E-state index contributed by atoms with van der Waals surface area (Å²) in [5.41, 5.74) is 3.42. The van der Waals surface area contributed by atoms with Crippen molar-refractivity contribution in [3.05, 3.63) is 42.4 Å². The molecule has 0 saturated carbocycles. The maximum Gasteiger partial charge on any atom is 0.186 e. The van der Waals surface area contributed by atoms with Crippen molar-refractivity contribution in [1.82, 2.24) is 15.2 Å². The Morgan fingerprint density at radius 3 is 2.94 bits per heavy atom. The topological polar surface area (TPSA) is 89.8 Å². The minimum Gasteiger partial charge on any atom is -0.262 e. The quantitative estimate of drug-likeness (QED) is 0.589. The fourth-order valence-electron chi connectivity index (χ4n) is 1.08. The number of hydrogen-bond donors (Lipinski definition) is 2.